The van der Waals surface area contributed by atoms with Crippen LogP contribution in [0.4, 0.5) is 0 Å². The van der Waals surface area contributed by atoms with Gasteiger partial charge in [0, 0.05) is 20.3 Å². The molecule has 0 aliphatic heterocycles. The second-order valence-electron chi connectivity index (χ2n) is 5.89. The van der Waals surface area contributed by atoms with Crippen molar-refractivity contribution in [1.82, 2.24) is 0 Å². The fraction of sp³-hybridized carbons (Fsp3) is 0.375. The standard InChI is InChI=1S/C16H20BrNS/c1-16(2,3)15-8-7-14(19-15)13(18)10-11-5-4-6-12(17)9-11/h4-9,13H,10,18H2,1-3H3. The first-order chi connectivity index (χ1) is 8.86. The Kier molecular flexibility index (Phi) is 4.49. The van der Waals surface area contributed by atoms with E-state index in [0.717, 1.165) is 10.9 Å². The van der Waals surface area contributed by atoms with Crippen LogP contribution in [0.25, 0.3) is 0 Å². The predicted molar refractivity (Wildman–Crippen MR) is 87.8 cm³/mol. The maximum atomic E-state index is 6.33. The van der Waals surface area contributed by atoms with E-state index in [0.29, 0.717) is 0 Å². The van der Waals surface area contributed by atoms with Gasteiger partial charge in [-0.15, -0.1) is 11.3 Å². The van der Waals surface area contributed by atoms with Crippen LogP contribution in [0.5, 0.6) is 0 Å². The van der Waals surface area contributed by atoms with Gasteiger partial charge in [-0.1, -0.05) is 48.8 Å². The molecule has 1 heterocycles. The summed E-state index contributed by atoms with van der Waals surface area (Å²) >= 11 is 5.33. The topological polar surface area (TPSA) is 26.0 Å². The highest BCUT2D eigenvalue weighted by molar-refractivity contribution is 9.10. The van der Waals surface area contributed by atoms with Crippen LogP contribution in [0.1, 0.15) is 42.1 Å². The molecule has 0 aliphatic carbocycles. The van der Waals surface area contributed by atoms with Gasteiger partial charge in [-0.25, -0.2) is 0 Å². The molecule has 2 rings (SSSR count). The molecular weight excluding hydrogens is 318 g/mol. The molecule has 0 saturated heterocycles. The molecule has 1 unspecified atom stereocenters. The van der Waals surface area contributed by atoms with E-state index in [1.807, 2.05) is 17.4 Å². The Morgan fingerprint density at radius 3 is 2.53 bits per heavy atom. The molecule has 1 aromatic heterocycles. The van der Waals surface area contributed by atoms with Crippen LogP contribution in [0, 0.1) is 0 Å². The molecule has 2 N–H and O–H groups in total. The average molecular weight is 338 g/mol. The Morgan fingerprint density at radius 2 is 1.95 bits per heavy atom. The summed E-state index contributed by atoms with van der Waals surface area (Å²) in [5.41, 5.74) is 7.81. The first-order valence-corrected chi connectivity index (χ1v) is 8.07. The van der Waals surface area contributed by atoms with Gasteiger partial charge < -0.3 is 5.73 Å². The molecule has 0 aliphatic rings. The van der Waals surface area contributed by atoms with Crippen molar-refractivity contribution >= 4 is 27.3 Å². The first-order valence-electron chi connectivity index (χ1n) is 6.46. The zero-order valence-electron chi connectivity index (χ0n) is 11.6. The minimum absolute atomic E-state index is 0.0791. The van der Waals surface area contributed by atoms with Crippen LogP contribution in [-0.4, -0.2) is 0 Å². The molecule has 0 saturated carbocycles. The highest BCUT2D eigenvalue weighted by atomic mass is 79.9. The molecular formula is C16H20BrNS. The lowest BCUT2D eigenvalue weighted by atomic mass is 9.95. The molecule has 0 spiro atoms. The third-order valence-corrected chi connectivity index (χ3v) is 5.21. The van der Waals surface area contributed by atoms with Crippen molar-refractivity contribution < 1.29 is 0 Å². The Hall–Kier alpha value is -0.640. The Bertz CT molecular complexity index is 554. The zero-order chi connectivity index (χ0) is 14.0. The van der Waals surface area contributed by atoms with E-state index in [1.165, 1.54) is 15.3 Å². The third kappa shape index (κ3) is 3.91. The number of hydrogen-bond acceptors (Lipinski definition) is 2. The number of thiophene rings is 1. The van der Waals surface area contributed by atoms with Gasteiger partial charge in [0.15, 0.2) is 0 Å². The molecule has 1 nitrogen and oxygen atoms in total. The molecule has 1 atom stereocenters. The van der Waals surface area contributed by atoms with Gasteiger partial charge in [0.05, 0.1) is 0 Å². The summed E-state index contributed by atoms with van der Waals surface area (Å²) < 4.78 is 1.11. The van der Waals surface area contributed by atoms with Crippen molar-refractivity contribution in [2.24, 2.45) is 5.73 Å². The Balaban J connectivity index is 2.12. The molecule has 0 radical (unpaired) electrons. The van der Waals surface area contributed by atoms with Gasteiger partial charge in [-0.2, -0.15) is 0 Å². The van der Waals surface area contributed by atoms with Crippen molar-refractivity contribution in [1.29, 1.82) is 0 Å². The second-order valence-corrected chi connectivity index (χ2v) is 7.92. The fourth-order valence-electron chi connectivity index (χ4n) is 1.97. The van der Waals surface area contributed by atoms with Crippen molar-refractivity contribution in [3.8, 4) is 0 Å². The van der Waals surface area contributed by atoms with Crippen LogP contribution >= 0.6 is 27.3 Å². The van der Waals surface area contributed by atoms with Gasteiger partial charge in [0.2, 0.25) is 0 Å². The number of halogens is 1. The predicted octanol–water partition coefficient (Wildman–Crippen LogP) is 5.05. The van der Waals surface area contributed by atoms with E-state index in [2.05, 4.69) is 67.0 Å². The molecule has 19 heavy (non-hydrogen) atoms. The average Bonchev–Trinajstić information content (AvgIpc) is 2.77. The smallest absolute Gasteiger partial charge is 0.0430 e. The quantitative estimate of drug-likeness (QED) is 0.833. The van der Waals surface area contributed by atoms with Crippen LogP contribution in [-0.2, 0) is 11.8 Å². The molecule has 102 valence electrons. The van der Waals surface area contributed by atoms with E-state index >= 15 is 0 Å². The van der Waals surface area contributed by atoms with Crippen LogP contribution in [0.2, 0.25) is 0 Å². The van der Waals surface area contributed by atoms with Crippen LogP contribution in [0.15, 0.2) is 40.9 Å². The van der Waals surface area contributed by atoms with Crippen LogP contribution in [0.3, 0.4) is 0 Å². The molecule has 1 aromatic carbocycles. The van der Waals surface area contributed by atoms with Gasteiger partial charge in [0.1, 0.15) is 0 Å². The first kappa shape index (κ1) is 14.8. The van der Waals surface area contributed by atoms with Crippen LogP contribution < -0.4 is 5.73 Å². The maximum Gasteiger partial charge on any atom is 0.0430 e. The number of hydrogen-bond donors (Lipinski definition) is 1. The van der Waals surface area contributed by atoms with Gasteiger partial charge in [-0.05, 0) is 41.7 Å². The SMILES string of the molecule is CC(C)(C)c1ccc(C(N)Cc2cccc(Br)c2)s1. The highest BCUT2D eigenvalue weighted by Gasteiger charge is 2.18. The highest BCUT2D eigenvalue weighted by Crippen LogP contribution is 2.32. The van der Waals surface area contributed by atoms with E-state index in [1.54, 1.807) is 0 Å². The summed E-state index contributed by atoms with van der Waals surface area (Å²) in [5.74, 6) is 0. The molecule has 0 amide bonds. The molecule has 3 heteroatoms. The van der Waals surface area contributed by atoms with E-state index in [4.69, 9.17) is 5.73 Å². The van der Waals surface area contributed by atoms with Crippen molar-refractivity contribution in [3.05, 3.63) is 56.2 Å². The Labute approximate surface area is 128 Å². The van der Waals surface area contributed by atoms with Gasteiger partial charge in [0.25, 0.3) is 0 Å². The Morgan fingerprint density at radius 1 is 1.21 bits per heavy atom. The normalized spacial score (nSPS) is 13.5. The summed E-state index contributed by atoms with van der Waals surface area (Å²) in [4.78, 5) is 2.66. The lowest BCUT2D eigenvalue weighted by Gasteiger charge is -2.16. The minimum Gasteiger partial charge on any atom is -0.323 e. The van der Waals surface area contributed by atoms with E-state index in [9.17, 15) is 0 Å². The minimum atomic E-state index is 0.0791. The van der Waals surface area contributed by atoms with E-state index < -0.39 is 0 Å². The fourth-order valence-corrected chi connectivity index (χ4v) is 3.49. The third-order valence-electron chi connectivity index (χ3n) is 3.08. The lowest BCUT2D eigenvalue weighted by molar-refractivity contribution is 0.604. The number of nitrogens with two attached hydrogens (primary N) is 1. The largest absolute Gasteiger partial charge is 0.323 e. The summed E-state index contributed by atoms with van der Waals surface area (Å²) in [6, 6.07) is 12.8. The molecule has 0 fully saturated rings. The monoisotopic (exact) mass is 337 g/mol. The zero-order valence-corrected chi connectivity index (χ0v) is 14.0. The summed E-state index contributed by atoms with van der Waals surface area (Å²) in [6.45, 7) is 6.72. The number of rotatable bonds is 3. The van der Waals surface area contributed by atoms with Crippen molar-refractivity contribution in [2.75, 3.05) is 0 Å². The van der Waals surface area contributed by atoms with Gasteiger partial charge in [-0.3, -0.25) is 0 Å². The maximum absolute atomic E-state index is 6.33. The van der Waals surface area contributed by atoms with E-state index in [-0.39, 0.29) is 11.5 Å². The number of benzene rings is 1. The molecule has 2 aromatic rings. The molecule has 0 bridgehead atoms. The summed E-state index contributed by atoms with van der Waals surface area (Å²) in [7, 11) is 0. The van der Waals surface area contributed by atoms with Gasteiger partial charge >= 0.3 is 0 Å². The second kappa shape index (κ2) is 5.78. The summed E-state index contributed by atoms with van der Waals surface area (Å²) in [6.07, 6.45) is 0.879. The summed E-state index contributed by atoms with van der Waals surface area (Å²) in [5, 5.41) is 0. The van der Waals surface area contributed by atoms with Crippen molar-refractivity contribution in [3.63, 3.8) is 0 Å². The van der Waals surface area contributed by atoms with Crippen molar-refractivity contribution in [2.45, 2.75) is 38.6 Å². The lowest BCUT2D eigenvalue weighted by Crippen LogP contribution is -2.12.